The fraction of sp³-hybridized carbons (Fsp3) is 0.462. The number of carbonyl (C=O) groups is 1. The average Bonchev–Trinajstić information content (AvgIpc) is 3.04. The van der Waals surface area contributed by atoms with E-state index < -0.39 is 0 Å². The van der Waals surface area contributed by atoms with E-state index in [1.807, 2.05) is 24.3 Å². The first-order valence-corrected chi connectivity index (χ1v) is 5.61. The first-order valence-electron chi connectivity index (χ1n) is 5.61. The molecule has 1 fully saturated rings. The van der Waals surface area contributed by atoms with Crippen molar-refractivity contribution in [1.29, 1.82) is 0 Å². The minimum absolute atomic E-state index is 0.184. The maximum absolute atomic E-state index is 11.6. The third-order valence-corrected chi connectivity index (χ3v) is 3.07. The standard InChI is InChI=1S/C13H17NO2/c1-9-7-12(9)13(15)14-8-10-3-5-11(16-2)6-4-10/h3-6,9,12H,7-8H2,1-2H3,(H,14,15)/t9-,12+/m0/s1. The quantitative estimate of drug-likeness (QED) is 0.840. The molecule has 0 aromatic heterocycles. The minimum atomic E-state index is 0.184. The maximum atomic E-state index is 11.6. The number of methoxy groups -OCH3 is 1. The van der Waals surface area contributed by atoms with E-state index in [4.69, 9.17) is 4.74 Å². The molecule has 0 spiro atoms. The molecule has 1 aromatic carbocycles. The van der Waals surface area contributed by atoms with Crippen molar-refractivity contribution < 1.29 is 9.53 Å². The molecular formula is C13H17NO2. The van der Waals surface area contributed by atoms with Crippen molar-refractivity contribution in [2.24, 2.45) is 11.8 Å². The zero-order valence-electron chi connectivity index (χ0n) is 9.69. The lowest BCUT2D eigenvalue weighted by atomic mass is 10.2. The number of ether oxygens (including phenoxy) is 1. The summed E-state index contributed by atoms with van der Waals surface area (Å²) in [4.78, 5) is 11.6. The van der Waals surface area contributed by atoms with Gasteiger partial charge in [0.15, 0.2) is 0 Å². The molecule has 1 aromatic rings. The summed E-state index contributed by atoms with van der Waals surface area (Å²) in [5, 5.41) is 2.95. The summed E-state index contributed by atoms with van der Waals surface area (Å²) in [5.74, 6) is 1.84. The Kier molecular flexibility index (Phi) is 3.13. The number of hydrogen-bond donors (Lipinski definition) is 1. The highest BCUT2D eigenvalue weighted by molar-refractivity contribution is 5.81. The SMILES string of the molecule is COc1ccc(CNC(=O)[C@@H]2C[C@@H]2C)cc1. The molecule has 3 heteroatoms. The molecule has 0 unspecified atom stereocenters. The Morgan fingerprint density at radius 2 is 2.06 bits per heavy atom. The van der Waals surface area contributed by atoms with Gasteiger partial charge in [-0.05, 0) is 30.0 Å². The van der Waals surface area contributed by atoms with Gasteiger partial charge in [0.2, 0.25) is 5.91 Å². The van der Waals surface area contributed by atoms with Crippen LogP contribution in [0.5, 0.6) is 5.75 Å². The highest BCUT2D eigenvalue weighted by Crippen LogP contribution is 2.37. The molecule has 1 saturated carbocycles. The number of amides is 1. The van der Waals surface area contributed by atoms with Gasteiger partial charge in [-0.25, -0.2) is 0 Å². The van der Waals surface area contributed by atoms with Crippen molar-refractivity contribution in [3.8, 4) is 5.75 Å². The molecular weight excluding hydrogens is 202 g/mol. The average molecular weight is 219 g/mol. The van der Waals surface area contributed by atoms with Gasteiger partial charge in [-0.3, -0.25) is 4.79 Å². The lowest BCUT2D eigenvalue weighted by Crippen LogP contribution is -2.24. The second-order valence-electron chi connectivity index (χ2n) is 4.39. The molecule has 16 heavy (non-hydrogen) atoms. The van der Waals surface area contributed by atoms with Crippen LogP contribution in [0.2, 0.25) is 0 Å². The van der Waals surface area contributed by atoms with E-state index in [0.717, 1.165) is 17.7 Å². The van der Waals surface area contributed by atoms with Crippen LogP contribution in [0.4, 0.5) is 0 Å². The number of carbonyl (C=O) groups excluding carboxylic acids is 1. The van der Waals surface area contributed by atoms with Crippen molar-refractivity contribution >= 4 is 5.91 Å². The topological polar surface area (TPSA) is 38.3 Å². The van der Waals surface area contributed by atoms with Gasteiger partial charge < -0.3 is 10.1 Å². The first-order chi connectivity index (χ1) is 7.70. The molecule has 1 aliphatic rings. The van der Waals surface area contributed by atoms with Gasteiger partial charge in [0.05, 0.1) is 7.11 Å². The number of rotatable bonds is 4. The van der Waals surface area contributed by atoms with E-state index in [0.29, 0.717) is 12.5 Å². The smallest absolute Gasteiger partial charge is 0.223 e. The van der Waals surface area contributed by atoms with E-state index in [9.17, 15) is 4.79 Å². The van der Waals surface area contributed by atoms with Crippen molar-refractivity contribution in [3.63, 3.8) is 0 Å². The highest BCUT2D eigenvalue weighted by atomic mass is 16.5. The second kappa shape index (κ2) is 4.56. The van der Waals surface area contributed by atoms with E-state index in [1.54, 1.807) is 7.11 Å². The predicted molar refractivity (Wildman–Crippen MR) is 62.1 cm³/mol. The van der Waals surface area contributed by atoms with Crippen LogP contribution in [-0.2, 0) is 11.3 Å². The van der Waals surface area contributed by atoms with Crippen LogP contribution in [-0.4, -0.2) is 13.0 Å². The van der Waals surface area contributed by atoms with Crippen molar-refractivity contribution in [2.75, 3.05) is 7.11 Å². The summed E-state index contributed by atoms with van der Waals surface area (Å²) in [7, 11) is 1.64. The molecule has 2 rings (SSSR count). The third-order valence-electron chi connectivity index (χ3n) is 3.07. The molecule has 1 amide bonds. The molecule has 0 aliphatic heterocycles. The molecule has 2 atom stereocenters. The Labute approximate surface area is 95.8 Å². The Morgan fingerprint density at radius 1 is 1.44 bits per heavy atom. The summed E-state index contributed by atoms with van der Waals surface area (Å²) in [6.45, 7) is 2.71. The van der Waals surface area contributed by atoms with Crippen LogP contribution in [0.3, 0.4) is 0 Å². The summed E-state index contributed by atoms with van der Waals surface area (Å²) < 4.78 is 5.07. The van der Waals surface area contributed by atoms with Crippen LogP contribution in [0.1, 0.15) is 18.9 Å². The molecule has 1 aliphatic carbocycles. The second-order valence-corrected chi connectivity index (χ2v) is 4.39. The van der Waals surface area contributed by atoms with E-state index in [-0.39, 0.29) is 11.8 Å². The summed E-state index contributed by atoms with van der Waals surface area (Å²) >= 11 is 0. The maximum Gasteiger partial charge on any atom is 0.223 e. The molecule has 86 valence electrons. The van der Waals surface area contributed by atoms with Crippen LogP contribution >= 0.6 is 0 Å². The van der Waals surface area contributed by atoms with Gasteiger partial charge in [-0.15, -0.1) is 0 Å². The number of benzene rings is 1. The third kappa shape index (κ3) is 2.54. The lowest BCUT2D eigenvalue weighted by molar-refractivity contribution is -0.122. The fourth-order valence-electron chi connectivity index (χ4n) is 1.75. The van der Waals surface area contributed by atoms with E-state index >= 15 is 0 Å². The molecule has 1 N–H and O–H groups in total. The zero-order valence-corrected chi connectivity index (χ0v) is 9.69. The summed E-state index contributed by atoms with van der Waals surface area (Å²) in [6, 6.07) is 7.74. The Balaban J connectivity index is 1.82. The van der Waals surface area contributed by atoms with Crippen LogP contribution in [0.15, 0.2) is 24.3 Å². The number of hydrogen-bond acceptors (Lipinski definition) is 2. The van der Waals surface area contributed by atoms with Crippen molar-refractivity contribution in [1.82, 2.24) is 5.32 Å². The first kappa shape index (κ1) is 11.0. The van der Waals surface area contributed by atoms with Crippen LogP contribution < -0.4 is 10.1 Å². The zero-order chi connectivity index (χ0) is 11.5. The summed E-state index contributed by atoms with van der Waals surface area (Å²) in [6.07, 6.45) is 1.04. The predicted octanol–water partition coefficient (Wildman–Crippen LogP) is 1.97. The Bertz CT molecular complexity index is 372. The molecule has 0 heterocycles. The molecule has 0 bridgehead atoms. The summed E-state index contributed by atoms with van der Waals surface area (Å²) in [5.41, 5.74) is 1.10. The highest BCUT2D eigenvalue weighted by Gasteiger charge is 2.38. The van der Waals surface area contributed by atoms with E-state index in [2.05, 4.69) is 12.2 Å². The molecule has 0 radical (unpaired) electrons. The largest absolute Gasteiger partial charge is 0.497 e. The van der Waals surface area contributed by atoms with Gasteiger partial charge in [0.25, 0.3) is 0 Å². The van der Waals surface area contributed by atoms with Gasteiger partial charge in [-0.2, -0.15) is 0 Å². The van der Waals surface area contributed by atoms with Gasteiger partial charge in [0.1, 0.15) is 5.75 Å². The van der Waals surface area contributed by atoms with Crippen LogP contribution in [0.25, 0.3) is 0 Å². The Hall–Kier alpha value is -1.51. The monoisotopic (exact) mass is 219 g/mol. The van der Waals surface area contributed by atoms with E-state index in [1.165, 1.54) is 0 Å². The lowest BCUT2D eigenvalue weighted by Gasteiger charge is -2.05. The van der Waals surface area contributed by atoms with Gasteiger partial charge in [-0.1, -0.05) is 19.1 Å². The normalized spacial score (nSPS) is 22.6. The van der Waals surface area contributed by atoms with Crippen LogP contribution in [0, 0.1) is 11.8 Å². The van der Waals surface area contributed by atoms with Crippen molar-refractivity contribution in [2.45, 2.75) is 19.9 Å². The molecule has 0 saturated heterocycles. The van der Waals surface area contributed by atoms with Gasteiger partial charge >= 0.3 is 0 Å². The van der Waals surface area contributed by atoms with Crippen molar-refractivity contribution in [3.05, 3.63) is 29.8 Å². The fourth-order valence-corrected chi connectivity index (χ4v) is 1.75. The number of nitrogens with one attached hydrogen (secondary N) is 1. The minimum Gasteiger partial charge on any atom is -0.497 e. The van der Waals surface area contributed by atoms with Gasteiger partial charge in [0, 0.05) is 12.5 Å². The Morgan fingerprint density at radius 3 is 2.56 bits per heavy atom. The molecule has 3 nitrogen and oxygen atoms in total.